The first kappa shape index (κ1) is 14.4. The molecule has 2 aromatic rings. The van der Waals surface area contributed by atoms with E-state index in [0.717, 1.165) is 5.39 Å². The topological polar surface area (TPSA) is 33.1 Å². The van der Waals surface area contributed by atoms with Crippen LogP contribution in [0.15, 0.2) is 35.4 Å². The van der Waals surface area contributed by atoms with Gasteiger partial charge < -0.3 is 5.11 Å². The first-order chi connectivity index (χ1) is 9.09. The average molecular weight is 291 g/mol. The van der Waals surface area contributed by atoms with E-state index in [1.54, 1.807) is 12.3 Å². The maximum absolute atomic E-state index is 9.85. The Kier molecular flexibility index (Phi) is 4.53. The van der Waals surface area contributed by atoms with Crippen molar-refractivity contribution in [2.24, 2.45) is 0 Å². The summed E-state index contributed by atoms with van der Waals surface area (Å²) in [6, 6.07) is 10.4. The minimum Gasteiger partial charge on any atom is -0.506 e. The third-order valence-electron chi connectivity index (χ3n) is 3.99. The van der Waals surface area contributed by atoms with Gasteiger partial charge in [-0.3, -0.25) is 4.98 Å². The van der Waals surface area contributed by atoms with E-state index in [2.05, 4.69) is 25.4 Å². The molecule has 19 heavy (non-hydrogen) atoms. The highest BCUT2D eigenvalue weighted by Gasteiger charge is 2.22. The molecular weight excluding hydrogens is 270 g/mol. The number of aromatic hydroxyl groups is 1. The van der Waals surface area contributed by atoms with Gasteiger partial charge in [0.2, 0.25) is 0 Å². The van der Waals surface area contributed by atoms with Crippen molar-refractivity contribution in [3.8, 4) is 5.75 Å². The number of benzene rings is 1. The number of pyridine rings is 1. The smallest absolute Gasteiger partial charge is 0.141 e. The average Bonchev–Trinajstić information content (AvgIpc) is 2.46. The van der Waals surface area contributed by atoms with E-state index in [1.165, 1.54) is 22.4 Å². The zero-order valence-corrected chi connectivity index (χ0v) is 13.6. The van der Waals surface area contributed by atoms with E-state index in [0.29, 0.717) is 5.52 Å². The normalized spacial score (nSPS) is 11.9. The first-order valence-corrected chi connectivity index (χ1v) is 10.9. The number of phenolic OH excluding ortho intramolecular Hbond substituents is 1. The van der Waals surface area contributed by atoms with Crippen molar-refractivity contribution < 1.29 is 5.11 Å². The quantitative estimate of drug-likeness (QED) is 0.641. The maximum Gasteiger partial charge on any atom is 0.141 e. The van der Waals surface area contributed by atoms with Crippen LogP contribution >= 0.6 is 11.8 Å². The van der Waals surface area contributed by atoms with Gasteiger partial charge in [0.1, 0.15) is 11.3 Å². The van der Waals surface area contributed by atoms with E-state index >= 15 is 0 Å². The van der Waals surface area contributed by atoms with Crippen LogP contribution in [-0.2, 0) is 0 Å². The summed E-state index contributed by atoms with van der Waals surface area (Å²) in [5.74, 6) is 0.269. The standard InChI is InChI=1S/C15H21NOSSi/c1-4-19(3,5-2)11-18-14-9-8-13(17)15-12(14)7-6-10-16-15/h6-10,17H,4-5,11H2,1-3H3. The third kappa shape index (κ3) is 3.12. The van der Waals surface area contributed by atoms with Gasteiger partial charge in [0.15, 0.2) is 0 Å². The predicted molar refractivity (Wildman–Crippen MR) is 86.7 cm³/mol. The molecule has 1 heterocycles. The van der Waals surface area contributed by atoms with Crippen LogP contribution in [0.4, 0.5) is 0 Å². The van der Waals surface area contributed by atoms with E-state index in [4.69, 9.17) is 0 Å². The molecule has 0 unspecified atom stereocenters. The molecule has 102 valence electrons. The minimum absolute atomic E-state index is 0.269. The summed E-state index contributed by atoms with van der Waals surface area (Å²) < 4.78 is 0. The fraction of sp³-hybridized carbons (Fsp3) is 0.400. The SMILES string of the molecule is CC[Si](C)(CC)CSc1ccc(O)c2ncccc12. The lowest BCUT2D eigenvalue weighted by molar-refractivity contribution is 0.480. The summed E-state index contributed by atoms with van der Waals surface area (Å²) in [6.45, 7) is 7.10. The van der Waals surface area contributed by atoms with Gasteiger partial charge >= 0.3 is 0 Å². The number of thioether (sulfide) groups is 1. The molecule has 2 nitrogen and oxygen atoms in total. The largest absolute Gasteiger partial charge is 0.506 e. The van der Waals surface area contributed by atoms with Crippen LogP contribution in [0.25, 0.3) is 10.9 Å². The fourth-order valence-electron chi connectivity index (χ4n) is 1.96. The molecule has 4 heteroatoms. The van der Waals surface area contributed by atoms with Crippen LogP contribution in [0.1, 0.15) is 13.8 Å². The Morgan fingerprint density at radius 2 is 1.95 bits per heavy atom. The number of phenols is 1. The highest BCUT2D eigenvalue weighted by Crippen LogP contribution is 2.34. The van der Waals surface area contributed by atoms with Gasteiger partial charge in [-0.1, -0.05) is 38.5 Å². The summed E-state index contributed by atoms with van der Waals surface area (Å²) in [4.78, 5) is 5.51. The van der Waals surface area contributed by atoms with E-state index < -0.39 is 8.07 Å². The third-order valence-corrected chi connectivity index (χ3v) is 11.4. The molecule has 2 rings (SSSR count). The number of hydrogen-bond acceptors (Lipinski definition) is 3. The van der Waals surface area contributed by atoms with Gasteiger partial charge in [0.25, 0.3) is 0 Å². The maximum atomic E-state index is 9.85. The minimum atomic E-state index is -1.10. The molecule has 0 aliphatic rings. The number of rotatable bonds is 5. The van der Waals surface area contributed by atoms with Crippen LogP contribution in [0, 0.1) is 0 Å². The Morgan fingerprint density at radius 3 is 2.63 bits per heavy atom. The fourth-order valence-corrected chi connectivity index (χ4v) is 6.60. The van der Waals surface area contributed by atoms with Crippen molar-refractivity contribution in [1.29, 1.82) is 0 Å². The van der Waals surface area contributed by atoms with Crippen molar-refractivity contribution in [3.63, 3.8) is 0 Å². The summed E-state index contributed by atoms with van der Waals surface area (Å²) in [7, 11) is -1.10. The molecule has 1 aromatic heterocycles. The lowest BCUT2D eigenvalue weighted by Crippen LogP contribution is -2.31. The Bertz CT molecular complexity index is 569. The lowest BCUT2D eigenvalue weighted by atomic mass is 10.2. The Labute approximate surface area is 120 Å². The summed E-state index contributed by atoms with van der Waals surface area (Å²) in [5.41, 5.74) is 0.712. The molecule has 1 aromatic carbocycles. The van der Waals surface area contributed by atoms with Gasteiger partial charge in [-0.2, -0.15) is 0 Å². The highest BCUT2D eigenvalue weighted by atomic mass is 32.2. The second kappa shape index (κ2) is 5.97. The number of fused-ring (bicyclic) bond motifs is 1. The molecule has 0 aliphatic heterocycles. The van der Waals surface area contributed by atoms with Crippen molar-refractivity contribution in [2.75, 3.05) is 5.38 Å². The molecule has 1 N–H and O–H groups in total. The van der Waals surface area contributed by atoms with Crippen LogP contribution in [0.2, 0.25) is 18.6 Å². The Morgan fingerprint density at radius 1 is 1.21 bits per heavy atom. The molecular formula is C15H21NOSSi. The zero-order chi connectivity index (χ0) is 13.9. The van der Waals surface area contributed by atoms with Gasteiger partial charge in [-0.05, 0) is 23.6 Å². The van der Waals surface area contributed by atoms with Crippen molar-refractivity contribution in [3.05, 3.63) is 30.5 Å². The molecule has 0 aliphatic carbocycles. The highest BCUT2D eigenvalue weighted by molar-refractivity contribution is 8.01. The van der Waals surface area contributed by atoms with Crippen molar-refractivity contribution >= 4 is 30.7 Å². The monoisotopic (exact) mass is 291 g/mol. The van der Waals surface area contributed by atoms with Crippen LogP contribution in [0.3, 0.4) is 0 Å². The second-order valence-corrected chi connectivity index (χ2v) is 12.2. The molecule has 0 amide bonds. The number of aromatic nitrogens is 1. The lowest BCUT2D eigenvalue weighted by Gasteiger charge is -2.23. The summed E-state index contributed by atoms with van der Waals surface area (Å²) in [6.07, 6.45) is 1.73. The predicted octanol–water partition coefficient (Wildman–Crippen LogP) is 4.69. The Hall–Kier alpha value is -1.00. The number of nitrogens with zero attached hydrogens (tertiary/aromatic N) is 1. The van der Waals surface area contributed by atoms with Crippen LogP contribution in [-0.4, -0.2) is 23.5 Å². The van der Waals surface area contributed by atoms with Crippen LogP contribution < -0.4 is 0 Å². The summed E-state index contributed by atoms with van der Waals surface area (Å²) >= 11 is 1.93. The molecule has 0 radical (unpaired) electrons. The van der Waals surface area contributed by atoms with E-state index in [-0.39, 0.29) is 5.75 Å². The summed E-state index contributed by atoms with van der Waals surface area (Å²) in [5, 5.41) is 12.1. The van der Waals surface area contributed by atoms with Gasteiger partial charge in [-0.25, -0.2) is 0 Å². The van der Waals surface area contributed by atoms with Gasteiger partial charge in [0.05, 0.1) is 8.07 Å². The van der Waals surface area contributed by atoms with E-state index in [9.17, 15) is 5.11 Å². The van der Waals surface area contributed by atoms with Gasteiger partial charge in [-0.15, -0.1) is 11.8 Å². The molecule has 0 spiro atoms. The van der Waals surface area contributed by atoms with Crippen molar-refractivity contribution in [2.45, 2.75) is 37.4 Å². The zero-order valence-electron chi connectivity index (χ0n) is 11.8. The van der Waals surface area contributed by atoms with Gasteiger partial charge in [0, 0.05) is 16.5 Å². The molecule has 0 atom stereocenters. The molecule has 0 saturated heterocycles. The molecule has 0 saturated carbocycles. The van der Waals surface area contributed by atoms with E-state index in [1.807, 2.05) is 30.0 Å². The molecule has 0 fully saturated rings. The second-order valence-electron chi connectivity index (χ2n) is 5.29. The first-order valence-electron chi connectivity index (χ1n) is 6.79. The van der Waals surface area contributed by atoms with Crippen LogP contribution in [0.5, 0.6) is 5.75 Å². The Balaban J connectivity index is 2.29. The van der Waals surface area contributed by atoms with Crippen molar-refractivity contribution in [1.82, 2.24) is 4.98 Å². The molecule has 0 bridgehead atoms. The number of hydrogen-bond donors (Lipinski definition) is 1.